The highest BCUT2D eigenvalue weighted by atomic mass is 16.5. The molecule has 1 aliphatic heterocycles. The summed E-state index contributed by atoms with van der Waals surface area (Å²) < 4.78 is 11.4. The number of aliphatic hydroxyl groups is 1. The Balaban J connectivity index is 2.06. The van der Waals surface area contributed by atoms with E-state index in [0.29, 0.717) is 6.61 Å². The van der Waals surface area contributed by atoms with E-state index in [2.05, 4.69) is 5.32 Å². The van der Waals surface area contributed by atoms with Gasteiger partial charge < -0.3 is 19.9 Å². The molecule has 1 unspecified atom stereocenters. The minimum absolute atomic E-state index is 0.0219. The molecule has 112 valence electrons. The van der Waals surface area contributed by atoms with Crippen LogP contribution in [0.4, 0.5) is 0 Å². The molecule has 2 rings (SSSR count). The lowest BCUT2D eigenvalue weighted by Crippen LogP contribution is -2.50. The van der Waals surface area contributed by atoms with Crippen LogP contribution in [0.3, 0.4) is 0 Å². The Bertz CT molecular complexity index is 379. The van der Waals surface area contributed by atoms with E-state index in [9.17, 15) is 5.11 Å². The molecule has 0 bridgehead atoms. The van der Waals surface area contributed by atoms with E-state index in [0.717, 1.165) is 38.2 Å². The fourth-order valence-electron chi connectivity index (χ4n) is 2.63. The van der Waals surface area contributed by atoms with E-state index in [-0.39, 0.29) is 12.7 Å². The van der Waals surface area contributed by atoms with Crippen molar-refractivity contribution in [1.29, 1.82) is 0 Å². The quantitative estimate of drug-likeness (QED) is 0.797. The summed E-state index contributed by atoms with van der Waals surface area (Å²) in [5.74, 6) is 0. The number of nitrogens with one attached hydrogen (secondary N) is 1. The highest BCUT2D eigenvalue weighted by Gasteiger charge is 2.32. The summed E-state index contributed by atoms with van der Waals surface area (Å²) in [7, 11) is 0. The van der Waals surface area contributed by atoms with Gasteiger partial charge in [0.1, 0.15) is 0 Å². The lowest BCUT2D eigenvalue weighted by molar-refractivity contribution is -0.0607. The maximum Gasteiger partial charge on any atom is 0.0906 e. The Kier molecular flexibility index (Phi) is 5.98. The van der Waals surface area contributed by atoms with Crippen LogP contribution in [0.5, 0.6) is 0 Å². The van der Waals surface area contributed by atoms with E-state index in [4.69, 9.17) is 9.47 Å². The Labute approximate surface area is 121 Å². The normalized spacial score (nSPS) is 19.7. The molecule has 1 fully saturated rings. The average Bonchev–Trinajstić information content (AvgIpc) is 2.53. The first kappa shape index (κ1) is 15.4. The molecule has 1 aliphatic rings. The second-order valence-corrected chi connectivity index (χ2v) is 5.26. The van der Waals surface area contributed by atoms with Crippen LogP contribution in [0.25, 0.3) is 0 Å². The van der Waals surface area contributed by atoms with Crippen molar-refractivity contribution in [3.63, 3.8) is 0 Å². The number of hydrogen-bond acceptors (Lipinski definition) is 4. The van der Waals surface area contributed by atoms with Gasteiger partial charge in [0.2, 0.25) is 0 Å². The molecule has 1 heterocycles. The van der Waals surface area contributed by atoms with Crippen molar-refractivity contribution in [3.05, 3.63) is 35.9 Å². The molecule has 4 nitrogen and oxygen atoms in total. The minimum Gasteiger partial charge on any atom is -0.394 e. The molecule has 20 heavy (non-hydrogen) atoms. The highest BCUT2D eigenvalue weighted by molar-refractivity contribution is 5.25. The zero-order valence-electron chi connectivity index (χ0n) is 12.2. The van der Waals surface area contributed by atoms with Crippen LogP contribution in [0.15, 0.2) is 30.3 Å². The molecule has 0 saturated carbocycles. The number of aliphatic hydroxyl groups excluding tert-OH is 1. The van der Waals surface area contributed by atoms with Crippen LogP contribution in [-0.2, 0) is 15.0 Å². The van der Waals surface area contributed by atoms with Gasteiger partial charge in [0.05, 0.1) is 24.9 Å². The van der Waals surface area contributed by atoms with E-state index < -0.39 is 5.54 Å². The predicted octanol–water partition coefficient (Wildman–Crippen LogP) is 1.68. The van der Waals surface area contributed by atoms with Crippen molar-refractivity contribution in [1.82, 2.24) is 5.32 Å². The number of benzene rings is 1. The Morgan fingerprint density at radius 1 is 1.30 bits per heavy atom. The van der Waals surface area contributed by atoms with Crippen molar-refractivity contribution in [2.24, 2.45) is 0 Å². The molecule has 0 aliphatic carbocycles. The predicted molar refractivity (Wildman–Crippen MR) is 78.7 cm³/mol. The van der Waals surface area contributed by atoms with Crippen molar-refractivity contribution in [2.45, 2.75) is 31.4 Å². The summed E-state index contributed by atoms with van der Waals surface area (Å²) in [6.45, 7) is 4.86. The van der Waals surface area contributed by atoms with Crippen LogP contribution in [0.2, 0.25) is 0 Å². The van der Waals surface area contributed by atoms with Crippen LogP contribution in [-0.4, -0.2) is 44.2 Å². The molecule has 1 saturated heterocycles. The Morgan fingerprint density at radius 3 is 2.60 bits per heavy atom. The van der Waals surface area contributed by atoms with Gasteiger partial charge in [-0.1, -0.05) is 37.3 Å². The maximum absolute atomic E-state index is 9.92. The van der Waals surface area contributed by atoms with E-state index >= 15 is 0 Å². The topological polar surface area (TPSA) is 50.7 Å². The summed E-state index contributed by atoms with van der Waals surface area (Å²) in [5.41, 5.74) is 0.547. The molecular weight excluding hydrogens is 254 g/mol. The van der Waals surface area contributed by atoms with Crippen LogP contribution in [0.1, 0.15) is 25.3 Å². The van der Waals surface area contributed by atoms with Gasteiger partial charge in [0.15, 0.2) is 0 Å². The van der Waals surface area contributed by atoms with Crippen LogP contribution >= 0.6 is 0 Å². The first-order chi connectivity index (χ1) is 9.80. The molecule has 0 aromatic heterocycles. The summed E-state index contributed by atoms with van der Waals surface area (Å²) in [6.07, 6.45) is 2.10. The van der Waals surface area contributed by atoms with E-state index in [1.807, 2.05) is 37.3 Å². The van der Waals surface area contributed by atoms with Gasteiger partial charge in [0, 0.05) is 13.2 Å². The van der Waals surface area contributed by atoms with Gasteiger partial charge >= 0.3 is 0 Å². The Hall–Kier alpha value is -0.940. The fourth-order valence-corrected chi connectivity index (χ4v) is 2.63. The molecule has 0 amide bonds. The van der Waals surface area contributed by atoms with E-state index in [1.54, 1.807) is 0 Å². The number of rotatable bonds is 7. The van der Waals surface area contributed by atoms with Gasteiger partial charge in [-0.25, -0.2) is 0 Å². The van der Waals surface area contributed by atoms with Crippen LogP contribution < -0.4 is 5.32 Å². The summed E-state index contributed by atoms with van der Waals surface area (Å²) in [6, 6.07) is 10.0. The monoisotopic (exact) mass is 279 g/mol. The zero-order valence-corrected chi connectivity index (χ0v) is 12.2. The van der Waals surface area contributed by atoms with Gasteiger partial charge in [-0.05, 0) is 24.9 Å². The third kappa shape index (κ3) is 3.79. The highest BCUT2D eigenvalue weighted by Crippen LogP contribution is 2.23. The van der Waals surface area contributed by atoms with Gasteiger partial charge in [-0.3, -0.25) is 0 Å². The van der Waals surface area contributed by atoms with Gasteiger partial charge in [-0.15, -0.1) is 0 Å². The fraction of sp³-hybridized carbons (Fsp3) is 0.625. The van der Waals surface area contributed by atoms with Crippen LogP contribution in [0, 0.1) is 0 Å². The molecular formula is C16H25NO3. The number of ether oxygens (including phenoxy) is 2. The third-order valence-electron chi connectivity index (χ3n) is 3.85. The third-order valence-corrected chi connectivity index (χ3v) is 3.85. The molecule has 2 N–H and O–H groups in total. The lowest BCUT2D eigenvalue weighted by atomic mass is 9.91. The maximum atomic E-state index is 9.92. The van der Waals surface area contributed by atoms with Crippen molar-refractivity contribution in [2.75, 3.05) is 33.0 Å². The molecule has 1 aromatic rings. The summed E-state index contributed by atoms with van der Waals surface area (Å²) in [5, 5.41) is 13.3. The van der Waals surface area contributed by atoms with Gasteiger partial charge in [0.25, 0.3) is 0 Å². The molecule has 1 aromatic carbocycles. The SMILES string of the molecule is CCNC(CO)(COC1CCOCC1)c1ccccc1. The average molecular weight is 279 g/mol. The molecule has 4 heteroatoms. The van der Waals surface area contributed by atoms with Crippen molar-refractivity contribution >= 4 is 0 Å². The van der Waals surface area contributed by atoms with Crippen molar-refractivity contribution in [3.8, 4) is 0 Å². The zero-order chi connectivity index (χ0) is 14.3. The largest absolute Gasteiger partial charge is 0.394 e. The second kappa shape index (κ2) is 7.74. The number of likely N-dealkylation sites (N-methyl/N-ethyl adjacent to an activating group) is 1. The molecule has 1 atom stereocenters. The lowest BCUT2D eigenvalue weighted by Gasteiger charge is -2.35. The molecule has 0 spiro atoms. The standard InChI is InChI=1S/C16H25NO3/c1-2-17-16(12-18,14-6-4-3-5-7-14)13-20-15-8-10-19-11-9-15/h3-7,15,17-18H,2,8-13H2,1H3. The Morgan fingerprint density at radius 2 is 2.00 bits per heavy atom. The summed E-state index contributed by atoms with van der Waals surface area (Å²) >= 11 is 0. The second-order valence-electron chi connectivity index (χ2n) is 5.26. The molecule has 0 radical (unpaired) electrons. The summed E-state index contributed by atoms with van der Waals surface area (Å²) in [4.78, 5) is 0. The minimum atomic E-state index is -0.520. The number of hydrogen-bond donors (Lipinski definition) is 2. The first-order valence-electron chi connectivity index (χ1n) is 7.41. The smallest absolute Gasteiger partial charge is 0.0906 e. The van der Waals surface area contributed by atoms with E-state index in [1.165, 1.54) is 0 Å². The van der Waals surface area contributed by atoms with Gasteiger partial charge in [-0.2, -0.15) is 0 Å². The first-order valence-corrected chi connectivity index (χ1v) is 7.41. The van der Waals surface area contributed by atoms with Crippen molar-refractivity contribution < 1.29 is 14.6 Å².